The monoisotopic (exact) mass is 162 g/mol. The molecule has 0 fully saturated rings. The maximum absolute atomic E-state index is 5.15. The smallest absolute Gasteiger partial charge is 0.142 e. The van der Waals surface area contributed by atoms with Crippen molar-refractivity contribution in [2.45, 2.75) is 4.84 Å². The van der Waals surface area contributed by atoms with E-state index in [1.54, 1.807) is 0 Å². The van der Waals surface area contributed by atoms with Crippen LogP contribution in [0.25, 0.3) is 0 Å². The summed E-state index contributed by atoms with van der Waals surface area (Å²) < 4.78 is 0. The van der Waals surface area contributed by atoms with Crippen LogP contribution in [0.1, 0.15) is 0 Å². The molecule has 4 heteroatoms. The lowest BCUT2D eigenvalue weighted by Crippen LogP contribution is -1.79. The molecule has 0 spiro atoms. The SMILES string of the molecule is C=C(Cl)C(Cl)Cl.O. The van der Waals surface area contributed by atoms with Crippen molar-refractivity contribution in [3.8, 4) is 0 Å². The van der Waals surface area contributed by atoms with E-state index in [2.05, 4.69) is 6.58 Å². The summed E-state index contributed by atoms with van der Waals surface area (Å²) in [6.07, 6.45) is 0. The molecule has 0 rings (SSSR count). The normalized spacial score (nSPS) is 8.00. The van der Waals surface area contributed by atoms with Crippen LogP contribution in [0.5, 0.6) is 0 Å². The Morgan fingerprint density at radius 1 is 1.43 bits per heavy atom. The van der Waals surface area contributed by atoms with Crippen LogP contribution in [-0.4, -0.2) is 10.3 Å². The highest BCUT2D eigenvalue weighted by Gasteiger charge is 1.96. The fourth-order valence-corrected chi connectivity index (χ4v) is 0. The van der Waals surface area contributed by atoms with Gasteiger partial charge in [0.25, 0.3) is 0 Å². The zero-order valence-electron chi connectivity index (χ0n) is 3.42. The van der Waals surface area contributed by atoms with Crippen LogP contribution in [0.4, 0.5) is 0 Å². The third-order valence-corrected chi connectivity index (χ3v) is 1.21. The fraction of sp³-hybridized carbons (Fsp3) is 0.333. The largest absolute Gasteiger partial charge is 0.412 e. The van der Waals surface area contributed by atoms with Crippen LogP contribution >= 0.6 is 34.8 Å². The van der Waals surface area contributed by atoms with Crippen LogP contribution in [-0.2, 0) is 0 Å². The molecule has 0 bridgehead atoms. The number of hydrogen-bond donors (Lipinski definition) is 0. The number of hydrogen-bond acceptors (Lipinski definition) is 0. The molecule has 0 aromatic heterocycles. The van der Waals surface area contributed by atoms with Gasteiger partial charge in [-0.05, 0) is 0 Å². The Morgan fingerprint density at radius 3 is 1.57 bits per heavy atom. The first kappa shape index (κ1) is 10.5. The third kappa shape index (κ3) is 6.57. The van der Waals surface area contributed by atoms with Crippen LogP contribution in [0.15, 0.2) is 11.6 Å². The first-order valence-corrected chi connectivity index (χ1v) is 2.52. The van der Waals surface area contributed by atoms with Gasteiger partial charge in [-0.2, -0.15) is 0 Å². The quantitative estimate of drug-likeness (QED) is 0.527. The number of rotatable bonds is 1. The summed E-state index contributed by atoms with van der Waals surface area (Å²) in [6, 6.07) is 0. The lowest BCUT2D eigenvalue weighted by molar-refractivity contribution is 0.824. The first-order chi connectivity index (χ1) is 2.64. The molecule has 0 aromatic carbocycles. The van der Waals surface area contributed by atoms with Gasteiger partial charge < -0.3 is 5.48 Å². The average Bonchev–Trinajstić information content (AvgIpc) is 1.36. The summed E-state index contributed by atoms with van der Waals surface area (Å²) in [6.45, 7) is 3.26. The molecule has 1 nitrogen and oxygen atoms in total. The number of allylic oxidation sites excluding steroid dienone is 1. The molecule has 7 heavy (non-hydrogen) atoms. The second kappa shape index (κ2) is 4.72. The van der Waals surface area contributed by atoms with Crippen molar-refractivity contribution in [2.24, 2.45) is 0 Å². The Balaban J connectivity index is 0. The fourth-order valence-electron chi connectivity index (χ4n) is 0. The standard InChI is InChI=1S/C3H3Cl3.H2O/c1-2(4)3(5)6;/h3H,1H2;1H2. The number of halogens is 3. The molecule has 0 amide bonds. The zero-order chi connectivity index (χ0) is 5.15. The minimum absolute atomic E-state index is 0. The molecule has 0 atom stereocenters. The Kier molecular flexibility index (Phi) is 7.10. The molecular formula is C3H5Cl3O. The highest BCUT2D eigenvalue weighted by atomic mass is 35.5. The highest BCUT2D eigenvalue weighted by Crippen LogP contribution is 2.14. The van der Waals surface area contributed by atoms with E-state index in [1.165, 1.54) is 0 Å². The Bertz CT molecular complexity index is 61.2. The van der Waals surface area contributed by atoms with Gasteiger partial charge in [0.1, 0.15) is 4.84 Å². The van der Waals surface area contributed by atoms with Crippen molar-refractivity contribution < 1.29 is 5.48 Å². The molecule has 2 N–H and O–H groups in total. The molecule has 0 saturated carbocycles. The van der Waals surface area contributed by atoms with E-state index in [-0.39, 0.29) is 10.5 Å². The minimum Gasteiger partial charge on any atom is -0.412 e. The molecule has 0 aliphatic heterocycles. The Labute approximate surface area is 57.2 Å². The molecule has 0 aromatic rings. The summed E-state index contributed by atoms with van der Waals surface area (Å²) in [4.78, 5) is -0.633. The van der Waals surface area contributed by atoms with Gasteiger partial charge >= 0.3 is 0 Å². The lowest BCUT2D eigenvalue weighted by Gasteiger charge is -1.89. The van der Waals surface area contributed by atoms with Gasteiger partial charge in [-0.3, -0.25) is 0 Å². The van der Waals surface area contributed by atoms with Gasteiger partial charge in [-0.25, -0.2) is 0 Å². The van der Waals surface area contributed by atoms with Crippen LogP contribution in [0.2, 0.25) is 0 Å². The molecule has 0 aliphatic rings. The topological polar surface area (TPSA) is 31.5 Å². The predicted molar refractivity (Wildman–Crippen MR) is 34.1 cm³/mol. The average molecular weight is 163 g/mol. The molecule has 0 radical (unpaired) electrons. The van der Waals surface area contributed by atoms with Gasteiger partial charge in [-0.15, -0.1) is 0 Å². The molecule has 0 unspecified atom stereocenters. The summed E-state index contributed by atoms with van der Waals surface area (Å²) in [5.41, 5.74) is 0. The molecule has 0 saturated heterocycles. The van der Waals surface area contributed by atoms with E-state index in [9.17, 15) is 0 Å². The third-order valence-electron chi connectivity index (χ3n) is 0.237. The Hall–Kier alpha value is 0.570. The van der Waals surface area contributed by atoms with Crippen molar-refractivity contribution >= 4 is 34.8 Å². The van der Waals surface area contributed by atoms with Crippen LogP contribution in [0.3, 0.4) is 0 Å². The second-order valence-corrected chi connectivity index (χ2v) is 2.33. The van der Waals surface area contributed by atoms with Crippen molar-refractivity contribution in [3.05, 3.63) is 11.6 Å². The second-order valence-electron chi connectivity index (χ2n) is 0.748. The lowest BCUT2D eigenvalue weighted by atomic mass is 10.7. The Morgan fingerprint density at radius 2 is 1.57 bits per heavy atom. The molecule has 44 valence electrons. The van der Waals surface area contributed by atoms with E-state index in [1.807, 2.05) is 0 Å². The van der Waals surface area contributed by atoms with E-state index >= 15 is 0 Å². The van der Waals surface area contributed by atoms with Crippen molar-refractivity contribution in [1.29, 1.82) is 0 Å². The van der Waals surface area contributed by atoms with Gasteiger partial charge in [0.2, 0.25) is 0 Å². The van der Waals surface area contributed by atoms with E-state index < -0.39 is 4.84 Å². The summed E-state index contributed by atoms with van der Waals surface area (Å²) in [5, 5.41) is 0.262. The maximum atomic E-state index is 5.15. The van der Waals surface area contributed by atoms with E-state index in [4.69, 9.17) is 34.8 Å². The summed E-state index contributed by atoms with van der Waals surface area (Å²) in [5.74, 6) is 0. The predicted octanol–water partition coefficient (Wildman–Crippen LogP) is 1.72. The molecule has 0 heterocycles. The molecule has 0 aliphatic carbocycles. The van der Waals surface area contributed by atoms with Crippen molar-refractivity contribution in [3.63, 3.8) is 0 Å². The zero-order valence-corrected chi connectivity index (χ0v) is 5.69. The van der Waals surface area contributed by atoms with E-state index in [0.717, 1.165) is 0 Å². The van der Waals surface area contributed by atoms with Crippen molar-refractivity contribution in [1.82, 2.24) is 0 Å². The van der Waals surface area contributed by atoms with Crippen LogP contribution in [0, 0.1) is 0 Å². The number of alkyl halides is 2. The summed E-state index contributed by atoms with van der Waals surface area (Å²) in [7, 11) is 0. The highest BCUT2D eigenvalue weighted by molar-refractivity contribution is 6.52. The van der Waals surface area contributed by atoms with Gasteiger partial charge in [0, 0.05) is 5.03 Å². The van der Waals surface area contributed by atoms with Gasteiger partial charge in [0.05, 0.1) is 0 Å². The summed E-state index contributed by atoms with van der Waals surface area (Å²) >= 11 is 15.4. The van der Waals surface area contributed by atoms with Gasteiger partial charge in [-0.1, -0.05) is 41.4 Å². The van der Waals surface area contributed by atoms with Gasteiger partial charge in [0.15, 0.2) is 0 Å². The first-order valence-electron chi connectivity index (χ1n) is 1.27. The van der Waals surface area contributed by atoms with Crippen molar-refractivity contribution in [2.75, 3.05) is 0 Å². The minimum atomic E-state index is -0.633. The van der Waals surface area contributed by atoms with Crippen LogP contribution < -0.4 is 0 Å². The maximum Gasteiger partial charge on any atom is 0.142 e. The molecular weight excluding hydrogens is 158 g/mol. The van der Waals surface area contributed by atoms with E-state index in [0.29, 0.717) is 0 Å².